The van der Waals surface area contributed by atoms with Crippen molar-refractivity contribution in [3.05, 3.63) is 24.3 Å². The van der Waals surface area contributed by atoms with E-state index in [1.165, 1.54) is 186 Å². The lowest BCUT2D eigenvalue weighted by Crippen LogP contribution is -2.27. The summed E-state index contributed by atoms with van der Waals surface area (Å²) in [5.41, 5.74) is 0. The predicted octanol–water partition coefficient (Wildman–Crippen LogP) is 13.9. The number of aliphatic hydroxyl groups excluding tert-OH is 1. The average molecular weight is 677 g/mol. The van der Waals surface area contributed by atoms with Gasteiger partial charge in [0, 0.05) is 13.0 Å². The molecule has 4 heteroatoms. The Balaban J connectivity index is 3.33. The Hall–Kier alpha value is -1.13. The fraction of sp³-hybridized carbons (Fsp3) is 0.886. The summed E-state index contributed by atoms with van der Waals surface area (Å²) in [5, 5.41) is 9.56. The van der Waals surface area contributed by atoms with E-state index in [4.69, 9.17) is 9.47 Å². The second kappa shape index (κ2) is 42.0. The Labute approximate surface area is 300 Å². The van der Waals surface area contributed by atoms with Crippen LogP contribution in [0.4, 0.5) is 0 Å². The van der Waals surface area contributed by atoms with Crippen LogP contribution in [0.15, 0.2) is 24.3 Å². The maximum atomic E-state index is 12.1. The van der Waals surface area contributed by atoms with Crippen LogP contribution in [0.3, 0.4) is 0 Å². The molecule has 0 aliphatic rings. The van der Waals surface area contributed by atoms with Crippen LogP contribution < -0.4 is 0 Å². The van der Waals surface area contributed by atoms with Crippen LogP contribution in [0.2, 0.25) is 0 Å². The van der Waals surface area contributed by atoms with E-state index in [1.54, 1.807) is 0 Å². The van der Waals surface area contributed by atoms with E-state index in [0.717, 1.165) is 19.3 Å². The van der Waals surface area contributed by atoms with Gasteiger partial charge in [0.2, 0.25) is 0 Å². The third-order valence-corrected chi connectivity index (χ3v) is 9.48. The molecule has 0 aliphatic heterocycles. The first-order valence-corrected chi connectivity index (χ1v) is 21.4. The Morgan fingerprint density at radius 1 is 0.479 bits per heavy atom. The molecule has 0 amide bonds. The van der Waals surface area contributed by atoms with Gasteiger partial charge >= 0.3 is 5.97 Å². The van der Waals surface area contributed by atoms with Gasteiger partial charge in [0.25, 0.3) is 0 Å². The zero-order chi connectivity index (χ0) is 34.9. The molecule has 0 aromatic rings. The van der Waals surface area contributed by atoms with E-state index in [9.17, 15) is 9.90 Å². The van der Waals surface area contributed by atoms with Gasteiger partial charge in [0.1, 0.15) is 6.10 Å². The summed E-state index contributed by atoms with van der Waals surface area (Å²) in [7, 11) is 0. The number of aliphatic hydroxyl groups is 1. The molecule has 0 spiro atoms. The van der Waals surface area contributed by atoms with Crippen molar-refractivity contribution in [2.45, 2.75) is 232 Å². The number of esters is 1. The van der Waals surface area contributed by atoms with Gasteiger partial charge in [0.05, 0.1) is 13.2 Å². The molecule has 0 saturated heterocycles. The minimum Gasteiger partial charge on any atom is -0.457 e. The predicted molar refractivity (Wildman–Crippen MR) is 210 cm³/mol. The first-order chi connectivity index (χ1) is 23.7. The molecule has 284 valence electrons. The molecular weight excluding hydrogens is 592 g/mol. The molecule has 1 atom stereocenters. The maximum absolute atomic E-state index is 12.1. The molecule has 0 aromatic heterocycles. The van der Waals surface area contributed by atoms with Crippen molar-refractivity contribution < 1.29 is 19.4 Å². The lowest BCUT2D eigenvalue weighted by Gasteiger charge is -2.15. The summed E-state index contributed by atoms with van der Waals surface area (Å²) >= 11 is 0. The average Bonchev–Trinajstić information content (AvgIpc) is 3.09. The molecular formula is C44H84O4. The Bertz CT molecular complexity index is 673. The number of rotatable bonds is 40. The fourth-order valence-corrected chi connectivity index (χ4v) is 6.27. The highest BCUT2D eigenvalue weighted by molar-refractivity contribution is 5.69. The summed E-state index contributed by atoms with van der Waals surface area (Å²) in [4.78, 5) is 12.1. The van der Waals surface area contributed by atoms with Gasteiger partial charge < -0.3 is 14.6 Å². The van der Waals surface area contributed by atoms with Gasteiger partial charge in [0.15, 0.2) is 0 Å². The summed E-state index contributed by atoms with van der Waals surface area (Å²) in [6, 6.07) is 0. The molecule has 4 nitrogen and oxygen atoms in total. The molecule has 0 saturated carbocycles. The standard InChI is InChI=1S/C44H84O4/c1-3-5-7-9-11-13-15-16-17-18-19-20-21-22-23-24-25-26-27-28-29-30-32-34-36-38-40-47-42-43(41-45)48-44(46)39-37-35-33-31-14-12-10-8-6-4-2/h8,10,18-19,43,45H,3-7,9,11-17,20-42H2,1-2H3/b10-8-,19-18-. The lowest BCUT2D eigenvalue weighted by atomic mass is 10.0. The monoisotopic (exact) mass is 677 g/mol. The number of carbonyl (C=O) groups excluding carboxylic acids is 1. The third-order valence-electron chi connectivity index (χ3n) is 9.48. The molecule has 0 radical (unpaired) electrons. The summed E-state index contributed by atoms with van der Waals surface area (Å²) < 4.78 is 11.1. The number of allylic oxidation sites excluding steroid dienone is 4. The molecule has 0 aliphatic carbocycles. The van der Waals surface area contributed by atoms with Crippen LogP contribution in [0.1, 0.15) is 226 Å². The Kier molecular flexibility index (Phi) is 41.0. The second-order valence-corrected chi connectivity index (χ2v) is 14.4. The number of carbonyl (C=O) groups is 1. The zero-order valence-corrected chi connectivity index (χ0v) is 32.5. The van der Waals surface area contributed by atoms with E-state index >= 15 is 0 Å². The first-order valence-electron chi connectivity index (χ1n) is 21.4. The van der Waals surface area contributed by atoms with Gasteiger partial charge in [-0.25, -0.2) is 0 Å². The van der Waals surface area contributed by atoms with Crippen LogP contribution in [0, 0.1) is 0 Å². The third kappa shape index (κ3) is 39.3. The smallest absolute Gasteiger partial charge is 0.306 e. The maximum Gasteiger partial charge on any atom is 0.306 e. The van der Waals surface area contributed by atoms with Gasteiger partial charge in [-0.05, 0) is 57.8 Å². The number of ether oxygens (including phenoxy) is 2. The zero-order valence-electron chi connectivity index (χ0n) is 32.5. The summed E-state index contributed by atoms with van der Waals surface area (Å²) in [6.45, 7) is 5.30. The molecule has 0 rings (SSSR count). The highest BCUT2D eigenvalue weighted by atomic mass is 16.6. The number of hydrogen-bond acceptors (Lipinski definition) is 4. The first kappa shape index (κ1) is 46.9. The largest absolute Gasteiger partial charge is 0.457 e. The van der Waals surface area contributed by atoms with Crippen molar-refractivity contribution in [1.29, 1.82) is 0 Å². The fourth-order valence-electron chi connectivity index (χ4n) is 6.27. The van der Waals surface area contributed by atoms with Gasteiger partial charge in [-0.3, -0.25) is 4.79 Å². The minimum absolute atomic E-state index is 0.172. The normalized spacial score (nSPS) is 12.5. The van der Waals surface area contributed by atoms with E-state index in [1.807, 2.05) is 0 Å². The summed E-state index contributed by atoms with van der Waals surface area (Å²) in [6.07, 6.45) is 51.1. The van der Waals surface area contributed by atoms with Crippen molar-refractivity contribution >= 4 is 5.97 Å². The highest BCUT2D eigenvalue weighted by Gasteiger charge is 2.13. The molecule has 0 bridgehead atoms. The molecule has 0 fully saturated rings. The summed E-state index contributed by atoms with van der Waals surface area (Å²) in [5.74, 6) is -0.210. The molecule has 0 aromatic carbocycles. The molecule has 1 N–H and O–H groups in total. The van der Waals surface area contributed by atoms with Crippen molar-refractivity contribution in [2.75, 3.05) is 19.8 Å². The van der Waals surface area contributed by atoms with Crippen LogP contribution >= 0.6 is 0 Å². The van der Waals surface area contributed by atoms with Gasteiger partial charge in [-0.15, -0.1) is 0 Å². The highest BCUT2D eigenvalue weighted by Crippen LogP contribution is 2.15. The Morgan fingerprint density at radius 2 is 0.854 bits per heavy atom. The molecule has 0 heterocycles. The molecule has 1 unspecified atom stereocenters. The Morgan fingerprint density at radius 3 is 1.27 bits per heavy atom. The SMILES string of the molecule is CCC/C=C\CCCCCCCC(=O)OC(CO)COCCCCCCCCCCCCCCCC/C=C\CCCCCCCCCC. The van der Waals surface area contributed by atoms with Crippen molar-refractivity contribution in [2.24, 2.45) is 0 Å². The van der Waals surface area contributed by atoms with Crippen LogP contribution in [-0.2, 0) is 14.3 Å². The topological polar surface area (TPSA) is 55.8 Å². The van der Waals surface area contributed by atoms with Crippen molar-refractivity contribution in [1.82, 2.24) is 0 Å². The van der Waals surface area contributed by atoms with E-state index < -0.39 is 6.10 Å². The van der Waals surface area contributed by atoms with Gasteiger partial charge in [-0.1, -0.05) is 186 Å². The van der Waals surface area contributed by atoms with Gasteiger partial charge in [-0.2, -0.15) is 0 Å². The second-order valence-electron chi connectivity index (χ2n) is 14.4. The van der Waals surface area contributed by atoms with Crippen LogP contribution in [0.25, 0.3) is 0 Å². The molecule has 48 heavy (non-hydrogen) atoms. The quantitative estimate of drug-likeness (QED) is 0.0399. The number of unbranched alkanes of at least 4 members (excludes halogenated alkanes) is 28. The van der Waals surface area contributed by atoms with Crippen LogP contribution in [0.5, 0.6) is 0 Å². The number of hydrogen-bond donors (Lipinski definition) is 1. The van der Waals surface area contributed by atoms with Crippen molar-refractivity contribution in [3.63, 3.8) is 0 Å². The van der Waals surface area contributed by atoms with E-state index in [-0.39, 0.29) is 12.6 Å². The minimum atomic E-state index is -0.533. The van der Waals surface area contributed by atoms with Crippen LogP contribution in [-0.4, -0.2) is 37.0 Å². The van der Waals surface area contributed by atoms with E-state index in [0.29, 0.717) is 19.6 Å². The lowest BCUT2D eigenvalue weighted by molar-refractivity contribution is -0.154. The van der Waals surface area contributed by atoms with E-state index in [2.05, 4.69) is 38.2 Å². The van der Waals surface area contributed by atoms with Crippen molar-refractivity contribution in [3.8, 4) is 0 Å².